The monoisotopic (exact) mass is 200 g/mol. The lowest BCUT2D eigenvalue weighted by atomic mass is 9.89. The number of hydrogen-bond donors (Lipinski definition) is 1. The highest BCUT2D eigenvalue weighted by molar-refractivity contribution is 4.70. The van der Waals surface area contributed by atoms with Crippen LogP contribution < -0.4 is 5.73 Å². The van der Waals surface area contributed by atoms with Crippen LogP contribution >= 0.6 is 0 Å². The SMILES string of the molecule is CCCCCN(C)CCC(C)(C)CN. The summed E-state index contributed by atoms with van der Waals surface area (Å²) >= 11 is 0. The van der Waals surface area contributed by atoms with Crippen molar-refractivity contribution in [1.82, 2.24) is 4.90 Å². The van der Waals surface area contributed by atoms with Crippen LogP contribution in [-0.4, -0.2) is 31.6 Å². The zero-order chi connectivity index (χ0) is 11.0. The van der Waals surface area contributed by atoms with Gasteiger partial charge in [-0.1, -0.05) is 33.6 Å². The minimum absolute atomic E-state index is 0.305. The van der Waals surface area contributed by atoms with Gasteiger partial charge in [-0.25, -0.2) is 0 Å². The Morgan fingerprint density at radius 1 is 1.14 bits per heavy atom. The van der Waals surface area contributed by atoms with E-state index in [1.807, 2.05) is 0 Å². The Labute approximate surface area is 89.9 Å². The summed E-state index contributed by atoms with van der Waals surface area (Å²) in [7, 11) is 2.21. The molecule has 0 atom stereocenters. The van der Waals surface area contributed by atoms with E-state index in [-0.39, 0.29) is 0 Å². The summed E-state index contributed by atoms with van der Waals surface area (Å²) in [6.07, 6.45) is 5.19. The Morgan fingerprint density at radius 2 is 1.79 bits per heavy atom. The summed E-state index contributed by atoms with van der Waals surface area (Å²) in [5.74, 6) is 0. The summed E-state index contributed by atoms with van der Waals surface area (Å²) in [6.45, 7) is 9.93. The molecule has 0 aromatic rings. The summed E-state index contributed by atoms with van der Waals surface area (Å²) in [4.78, 5) is 2.42. The number of nitrogens with zero attached hydrogens (tertiary/aromatic N) is 1. The molecule has 0 spiro atoms. The Balaban J connectivity index is 3.48. The summed E-state index contributed by atoms with van der Waals surface area (Å²) in [5, 5.41) is 0. The maximum Gasteiger partial charge on any atom is -0.00162 e. The Hall–Kier alpha value is -0.0800. The highest BCUT2D eigenvalue weighted by Crippen LogP contribution is 2.18. The van der Waals surface area contributed by atoms with E-state index in [1.54, 1.807) is 0 Å². The molecular formula is C12H28N2. The number of hydrogen-bond acceptors (Lipinski definition) is 2. The van der Waals surface area contributed by atoms with Gasteiger partial charge in [0.05, 0.1) is 0 Å². The van der Waals surface area contributed by atoms with E-state index < -0.39 is 0 Å². The lowest BCUT2D eigenvalue weighted by Gasteiger charge is -2.25. The highest BCUT2D eigenvalue weighted by atomic mass is 15.1. The molecule has 0 saturated carbocycles. The molecule has 0 aromatic heterocycles. The lowest BCUT2D eigenvalue weighted by molar-refractivity contribution is 0.251. The quantitative estimate of drug-likeness (QED) is 0.610. The Morgan fingerprint density at radius 3 is 2.29 bits per heavy atom. The van der Waals surface area contributed by atoms with Gasteiger partial charge in [0.1, 0.15) is 0 Å². The van der Waals surface area contributed by atoms with Crippen molar-refractivity contribution in [3.05, 3.63) is 0 Å². The largest absolute Gasteiger partial charge is 0.330 e. The fourth-order valence-corrected chi connectivity index (χ4v) is 1.34. The van der Waals surface area contributed by atoms with Crippen molar-refractivity contribution >= 4 is 0 Å². The molecule has 0 saturated heterocycles. The van der Waals surface area contributed by atoms with E-state index in [4.69, 9.17) is 5.73 Å². The Kier molecular flexibility index (Phi) is 7.20. The van der Waals surface area contributed by atoms with Crippen LogP contribution in [0.1, 0.15) is 46.5 Å². The molecular weight excluding hydrogens is 172 g/mol. The van der Waals surface area contributed by atoms with Crippen molar-refractivity contribution in [3.63, 3.8) is 0 Å². The molecule has 0 heterocycles. The molecule has 0 fully saturated rings. The molecule has 0 aliphatic rings. The average Bonchev–Trinajstić information content (AvgIpc) is 2.16. The van der Waals surface area contributed by atoms with Crippen LogP contribution in [0.2, 0.25) is 0 Å². The van der Waals surface area contributed by atoms with Crippen LogP contribution in [0.3, 0.4) is 0 Å². The van der Waals surface area contributed by atoms with Gasteiger partial charge >= 0.3 is 0 Å². The summed E-state index contributed by atoms with van der Waals surface area (Å²) in [5.41, 5.74) is 6.00. The molecule has 14 heavy (non-hydrogen) atoms. The van der Waals surface area contributed by atoms with Gasteiger partial charge in [0, 0.05) is 0 Å². The first kappa shape index (κ1) is 13.9. The van der Waals surface area contributed by atoms with E-state index in [1.165, 1.54) is 38.8 Å². The molecule has 0 unspecified atom stereocenters. The molecule has 2 N–H and O–H groups in total. The lowest BCUT2D eigenvalue weighted by Crippen LogP contribution is -2.30. The van der Waals surface area contributed by atoms with E-state index >= 15 is 0 Å². The number of unbranched alkanes of at least 4 members (excludes halogenated alkanes) is 2. The van der Waals surface area contributed by atoms with Crippen LogP contribution in [0.25, 0.3) is 0 Å². The third-order valence-electron chi connectivity index (χ3n) is 2.87. The smallest absolute Gasteiger partial charge is 0.00162 e. The number of nitrogens with two attached hydrogens (primary N) is 1. The highest BCUT2D eigenvalue weighted by Gasteiger charge is 2.15. The van der Waals surface area contributed by atoms with Crippen molar-refractivity contribution in [2.24, 2.45) is 11.1 Å². The van der Waals surface area contributed by atoms with Crippen molar-refractivity contribution in [2.75, 3.05) is 26.7 Å². The first-order chi connectivity index (χ1) is 6.52. The standard InChI is InChI=1S/C12H28N2/c1-5-6-7-9-14(4)10-8-12(2,3)11-13/h5-11,13H2,1-4H3. The first-order valence-electron chi connectivity index (χ1n) is 5.90. The molecule has 0 aromatic carbocycles. The molecule has 0 aliphatic heterocycles. The second-order valence-electron chi connectivity index (χ2n) is 5.13. The fourth-order valence-electron chi connectivity index (χ4n) is 1.34. The molecule has 86 valence electrons. The summed E-state index contributed by atoms with van der Waals surface area (Å²) in [6, 6.07) is 0. The van der Waals surface area contributed by atoms with Crippen LogP contribution in [0.4, 0.5) is 0 Å². The van der Waals surface area contributed by atoms with Crippen molar-refractivity contribution in [3.8, 4) is 0 Å². The zero-order valence-electron chi connectivity index (χ0n) is 10.5. The third-order valence-corrected chi connectivity index (χ3v) is 2.87. The van der Waals surface area contributed by atoms with Gasteiger partial charge in [0.15, 0.2) is 0 Å². The van der Waals surface area contributed by atoms with Gasteiger partial charge in [-0.15, -0.1) is 0 Å². The molecule has 0 rings (SSSR count). The molecule has 2 heteroatoms. The number of rotatable bonds is 8. The van der Waals surface area contributed by atoms with Crippen LogP contribution in [0, 0.1) is 5.41 Å². The second-order valence-corrected chi connectivity index (χ2v) is 5.13. The van der Waals surface area contributed by atoms with Gasteiger partial charge in [-0.05, 0) is 44.9 Å². The molecule has 0 radical (unpaired) electrons. The van der Waals surface area contributed by atoms with Crippen LogP contribution in [-0.2, 0) is 0 Å². The van der Waals surface area contributed by atoms with Gasteiger partial charge in [0.25, 0.3) is 0 Å². The van der Waals surface area contributed by atoms with Crippen LogP contribution in [0.5, 0.6) is 0 Å². The molecule has 0 amide bonds. The topological polar surface area (TPSA) is 29.3 Å². The fraction of sp³-hybridized carbons (Fsp3) is 1.00. The van der Waals surface area contributed by atoms with Crippen LogP contribution in [0.15, 0.2) is 0 Å². The van der Waals surface area contributed by atoms with Gasteiger partial charge in [0.2, 0.25) is 0 Å². The zero-order valence-corrected chi connectivity index (χ0v) is 10.5. The summed E-state index contributed by atoms with van der Waals surface area (Å²) < 4.78 is 0. The molecule has 2 nitrogen and oxygen atoms in total. The van der Waals surface area contributed by atoms with E-state index in [9.17, 15) is 0 Å². The maximum absolute atomic E-state index is 5.70. The normalized spacial score (nSPS) is 12.4. The predicted octanol–water partition coefficient (Wildman–Crippen LogP) is 2.48. The Bertz CT molecular complexity index is 132. The van der Waals surface area contributed by atoms with Gasteiger partial charge in [-0.2, -0.15) is 0 Å². The maximum atomic E-state index is 5.70. The first-order valence-corrected chi connectivity index (χ1v) is 5.90. The van der Waals surface area contributed by atoms with Gasteiger partial charge in [-0.3, -0.25) is 0 Å². The molecule has 0 bridgehead atoms. The second kappa shape index (κ2) is 7.24. The van der Waals surface area contributed by atoms with Gasteiger partial charge < -0.3 is 10.6 Å². The average molecular weight is 200 g/mol. The minimum atomic E-state index is 0.305. The van der Waals surface area contributed by atoms with Crippen molar-refractivity contribution in [1.29, 1.82) is 0 Å². The molecule has 0 aliphatic carbocycles. The predicted molar refractivity (Wildman–Crippen MR) is 64.5 cm³/mol. The van der Waals surface area contributed by atoms with Crippen molar-refractivity contribution < 1.29 is 0 Å². The van der Waals surface area contributed by atoms with Crippen molar-refractivity contribution in [2.45, 2.75) is 46.5 Å². The van der Waals surface area contributed by atoms with E-state index in [0.29, 0.717) is 5.41 Å². The van der Waals surface area contributed by atoms with E-state index in [0.717, 1.165) is 6.54 Å². The van der Waals surface area contributed by atoms with E-state index in [2.05, 4.69) is 32.7 Å². The minimum Gasteiger partial charge on any atom is -0.330 e. The third kappa shape index (κ3) is 7.34.